The molecule has 7 aromatic rings. The lowest BCUT2D eigenvalue weighted by atomic mass is 10.3. The number of hydrogen-bond acceptors (Lipinski definition) is 24. The molecule has 0 atom stereocenters. The summed E-state index contributed by atoms with van der Waals surface area (Å²) in [5, 5.41) is 2.18. The molecule has 0 spiro atoms. The molecule has 6 aliphatic heterocycles. The molecule has 0 saturated carbocycles. The van der Waals surface area contributed by atoms with Crippen molar-refractivity contribution < 1.29 is 103 Å². The summed E-state index contributed by atoms with van der Waals surface area (Å²) in [7, 11) is -63.8. The van der Waals surface area contributed by atoms with Gasteiger partial charge in [0.15, 0.2) is 0 Å². The van der Waals surface area contributed by atoms with Gasteiger partial charge in [-0.3, -0.25) is 0 Å². The van der Waals surface area contributed by atoms with Gasteiger partial charge in [-0.05, 0) is 41.4 Å². The van der Waals surface area contributed by atoms with Crippen LogP contribution in [0.4, 0.5) is 0 Å². The van der Waals surface area contributed by atoms with Crippen LogP contribution in [-0.2, 0) is 74.1 Å². The fourth-order valence-electron chi connectivity index (χ4n) is 14.3. The van der Waals surface area contributed by atoms with Crippen LogP contribution in [0.5, 0.6) is 0 Å². The standard InChI is InChI=1S/C42H38O12Si7.C28H66O12Si7/c43-55(36-22-8-1-9-23-36)46-58(39-28-14-4-15-29-39)48-56(44,37-24-10-2-11-25-37)50-60(41-32-18-6-19-33-41)51-57(45,38-26-12-3-13-27-38)49-59(47-55,40-30-16-5-17-31-40)53-61(52-58,54-60)42-34-20-7-21-35-42;1-22(2)15-41(29)32-44(18-25(7)8)34-42(30,16-23(3)4)36-46(20-27(11)12)37-43(31,17-24(5)6)35-45(33-41,19-26(9)10)39-47(38-44,40-46)21-28(13)14/h1-35,43-45H;22-31H,15-21H2,1-14H3. The predicted octanol–water partition coefficient (Wildman–Crippen LogP) is 7.39. The van der Waals surface area contributed by atoms with E-state index in [9.17, 15) is 28.8 Å². The Balaban J connectivity index is 0.000000210. The zero-order valence-electron chi connectivity index (χ0n) is 63.7. The third kappa shape index (κ3) is 18.8. The van der Waals surface area contributed by atoms with Crippen LogP contribution >= 0.6 is 0 Å². The fraction of sp³-hybridized carbons (Fsp3) is 0.400. The number of fused-ring (bicyclic) bond motifs is 6. The molecule has 13 rings (SSSR count). The van der Waals surface area contributed by atoms with E-state index in [1.165, 1.54) is 0 Å². The highest BCUT2D eigenvalue weighted by Gasteiger charge is 2.81. The first-order valence-electron chi connectivity index (χ1n) is 37.2. The molecule has 0 unspecified atom stereocenters. The van der Waals surface area contributed by atoms with Crippen molar-refractivity contribution in [3.63, 3.8) is 0 Å². The largest absolute Gasteiger partial charge is 0.520 e. The van der Waals surface area contributed by atoms with Gasteiger partial charge >= 0.3 is 123 Å². The predicted molar refractivity (Wildman–Crippen MR) is 433 cm³/mol. The van der Waals surface area contributed by atoms with Crippen molar-refractivity contribution in [3.8, 4) is 0 Å². The van der Waals surface area contributed by atoms with Crippen molar-refractivity contribution in [2.24, 2.45) is 41.4 Å². The van der Waals surface area contributed by atoms with E-state index in [1.54, 1.807) is 176 Å². The van der Waals surface area contributed by atoms with Gasteiger partial charge in [-0.1, -0.05) is 309 Å². The quantitative estimate of drug-likeness (QED) is 0.0382. The topological polar surface area (TPSA) is 288 Å². The minimum atomic E-state index is -5.04. The summed E-state index contributed by atoms with van der Waals surface area (Å²) in [6.07, 6.45) is 0. The van der Waals surface area contributed by atoms with Crippen molar-refractivity contribution in [2.45, 2.75) is 139 Å². The van der Waals surface area contributed by atoms with Crippen molar-refractivity contribution >= 4 is 160 Å². The van der Waals surface area contributed by atoms with Crippen molar-refractivity contribution in [1.82, 2.24) is 0 Å². The smallest absolute Gasteiger partial charge is 0.391 e. The maximum absolute atomic E-state index is 13.6. The molecule has 6 fully saturated rings. The van der Waals surface area contributed by atoms with Crippen LogP contribution in [0.25, 0.3) is 0 Å². The molecular formula is C70H104O24Si14. The second-order valence-electron chi connectivity index (χ2n) is 31.4. The van der Waals surface area contributed by atoms with E-state index in [0.717, 1.165) is 0 Å². The third-order valence-corrected chi connectivity index (χ3v) is 76.6. The first-order valence-corrected chi connectivity index (χ1v) is 63.1. The van der Waals surface area contributed by atoms with Gasteiger partial charge in [0.2, 0.25) is 0 Å². The van der Waals surface area contributed by atoms with Gasteiger partial charge in [0.25, 0.3) is 0 Å². The second kappa shape index (κ2) is 32.7. The first kappa shape index (κ1) is 84.0. The van der Waals surface area contributed by atoms with Crippen molar-refractivity contribution in [1.29, 1.82) is 0 Å². The summed E-state index contributed by atoms with van der Waals surface area (Å²) >= 11 is 0. The highest BCUT2D eigenvalue weighted by molar-refractivity contribution is 7.10. The van der Waals surface area contributed by atoms with E-state index in [4.69, 9.17) is 74.1 Å². The molecule has 108 heavy (non-hydrogen) atoms. The Hall–Kier alpha value is -3.38. The third-order valence-electron chi connectivity index (χ3n) is 17.8. The molecule has 8 bridgehead atoms. The molecule has 0 amide bonds. The molecule has 0 aliphatic carbocycles. The van der Waals surface area contributed by atoms with Gasteiger partial charge < -0.3 is 103 Å². The van der Waals surface area contributed by atoms with E-state index in [-0.39, 0.29) is 93.3 Å². The van der Waals surface area contributed by atoms with Gasteiger partial charge in [0.1, 0.15) is 0 Å². The molecule has 0 aromatic heterocycles. The zero-order valence-corrected chi connectivity index (χ0v) is 77.7. The summed E-state index contributed by atoms with van der Waals surface area (Å²) in [6.45, 7) is 28.2. The molecule has 584 valence electrons. The van der Waals surface area contributed by atoms with Crippen molar-refractivity contribution in [2.75, 3.05) is 0 Å². The van der Waals surface area contributed by atoms with Gasteiger partial charge in [0, 0.05) is 78.6 Å². The van der Waals surface area contributed by atoms with Crippen LogP contribution in [0.3, 0.4) is 0 Å². The van der Waals surface area contributed by atoms with Crippen LogP contribution in [0.1, 0.15) is 96.9 Å². The lowest BCUT2D eigenvalue weighted by Gasteiger charge is -2.57. The molecule has 0 radical (unpaired) electrons. The Morgan fingerprint density at radius 2 is 0.333 bits per heavy atom. The Labute approximate surface area is 650 Å². The fourth-order valence-corrected chi connectivity index (χ4v) is 86.7. The molecule has 24 nitrogen and oxygen atoms in total. The first-order chi connectivity index (χ1) is 50.9. The van der Waals surface area contributed by atoms with Gasteiger partial charge in [-0.15, -0.1) is 0 Å². The van der Waals surface area contributed by atoms with Crippen LogP contribution < -0.4 is 36.3 Å². The summed E-state index contributed by atoms with van der Waals surface area (Å²) in [4.78, 5) is 78.6. The summed E-state index contributed by atoms with van der Waals surface area (Å²) < 4.78 is 130. The Bertz CT molecular complexity index is 3680. The molecule has 6 aliphatic rings. The average Bonchev–Trinajstić information content (AvgIpc) is 0.692. The van der Waals surface area contributed by atoms with Crippen molar-refractivity contribution in [3.05, 3.63) is 212 Å². The van der Waals surface area contributed by atoms with E-state index >= 15 is 0 Å². The van der Waals surface area contributed by atoms with Gasteiger partial charge in [0.05, 0.1) is 0 Å². The average molecular weight is 1720 g/mol. The van der Waals surface area contributed by atoms with Crippen LogP contribution in [0.15, 0.2) is 212 Å². The van der Waals surface area contributed by atoms with Gasteiger partial charge in [-0.2, -0.15) is 0 Å². The maximum atomic E-state index is 13.6. The molecule has 7 aromatic carbocycles. The van der Waals surface area contributed by atoms with E-state index in [0.29, 0.717) is 26.8 Å². The zero-order chi connectivity index (χ0) is 77.5. The monoisotopic (exact) mass is 1720 g/mol. The van der Waals surface area contributed by atoms with Crippen LogP contribution in [-0.4, -0.2) is 152 Å². The number of benzene rings is 7. The maximum Gasteiger partial charge on any atom is 0.520 e. The normalized spacial score (nSPS) is 35.7. The second-order valence-corrected chi connectivity index (χ2v) is 70.7. The minimum absolute atomic E-state index is 0.000137. The molecule has 6 heterocycles. The van der Waals surface area contributed by atoms with E-state index in [2.05, 4.69) is 13.8 Å². The minimum Gasteiger partial charge on any atom is -0.391 e. The summed E-state index contributed by atoms with van der Waals surface area (Å²) in [5.74, 6) is -0.0634. The molecule has 6 saturated heterocycles. The lowest BCUT2D eigenvalue weighted by molar-refractivity contribution is 0.00261. The Morgan fingerprint density at radius 3 is 0.500 bits per heavy atom. The Kier molecular flexibility index (Phi) is 25.5. The highest BCUT2D eigenvalue weighted by Crippen LogP contribution is 2.51. The summed E-state index contributed by atoms with van der Waals surface area (Å²) in [5.41, 5.74) is 0. The lowest BCUT2D eigenvalue weighted by Crippen LogP contribution is -2.91. The summed E-state index contributed by atoms with van der Waals surface area (Å²) in [6, 6.07) is 63.1. The highest BCUT2D eigenvalue weighted by atomic mass is 28.6. The van der Waals surface area contributed by atoms with E-state index < -0.39 is 123 Å². The molecule has 38 heteroatoms. The molecular weight excluding hydrogens is 1620 g/mol. The van der Waals surface area contributed by atoms with Gasteiger partial charge in [-0.25, -0.2) is 0 Å². The SMILES string of the molecule is CC(C)C[Si]1(O)O[Si]2(CC(C)C)O[Si](O)(CC(C)C)O[Si]3(CC(C)C)O[Si](O)(CC(C)C)O[Si](CC(C)C)(O1)O[Si](CC(C)C)(O2)O3.O[Si]1(c2ccccc2)O[Si]2(c3ccccc3)O[Si](O)(c3ccccc3)O[Si]3(c4ccccc4)O[Si](O)(c4ccccc4)O[Si](c4ccccc4)(O1)O[Si](c1ccccc1)(O2)O3. The van der Waals surface area contributed by atoms with Crippen LogP contribution in [0.2, 0.25) is 42.3 Å². The molecule has 6 N–H and O–H groups in total. The van der Waals surface area contributed by atoms with Crippen LogP contribution in [0, 0.1) is 41.4 Å². The number of hydrogen-bond donors (Lipinski definition) is 6. The Morgan fingerprint density at radius 1 is 0.185 bits per heavy atom. The number of rotatable bonds is 21. The van der Waals surface area contributed by atoms with E-state index in [1.807, 2.05) is 119 Å².